The lowest BCUT2D eigenvalue weighted by atomic mass is 10.1. The predicted octanol–water partition coefficient (Wildman–Crippen LogP) is 4.86. The van der Waals surface area contributed by atoms with Crippen LogP contribution in [0.4, 0.5) is 58.4 Å². The Balaban J connectivity index is 1.23. The maximum absolute atomic E-state index is 12.7. The standard InChI is InChI=1S/C40H46N14O8S2/c55-23-21-41-17-19-43-35-49-37(45-29-7-3-1-4-8-29)53-39(51-35)47-31-15-13-27(33(25-31)63-62-61-57)11-12-28-14-16-32(26-34(28)64(58,59)60)48-40-52-36(44-20-18-42-22-24-56)50-38(54-40)46-30-9-5-2-6-10-30/h1-16,25-26,41-42,55-57H,17-24H2,(H,58,59,60)(H3,43,45,47,49,51,53)(H3,44,46,48,50,52,54)/b12-11+. The number of aromatic nitrogens is 6. The third kappa shape index (κ3) is 15.1. The van der Waals surface area contributed by atoms with E-state index >= 15 is 0 Å². The van der Waals surface area contributed by atoms with E-state index in [9.17, 15) is 13.0 Å². The van der Waals surface area contributed by atoms with Gasteiger partial charge in [-0.1, -0.05) is 65.7 Å². The van der Waals surface area contributed by atoms with Crippen LogP contribution in [0.25, 0.3) is 12.2 Å². The van der Waals surface area contributed by atoms with E-state index in [4.69, 9.17) is 19.8 Å². The number of anilines is 10. The van der Waals surface area contributed by atoms with E-state index in [-0.39, 0.29) is 60.2 Å². The van der Waals surface area contributed by atoms with Gasteiger partial charge in [0.1, 0.15) is 4.90 Å². The van der Waals surface area contributed by atoms with Crippen molar-refractivity contribution < 1.29 is 37.8 Å². The van der Waals surface area contributed by atoms with Crippen molar-refractivity contribution in [3.63, 3.8) is 0 Å². The molecule has 12 N–H and O–H groups in total. The van der Waals surface area contributed by atoms with Gasteiger partial charge in [0.25, 0.3) is 10.1 Å². The van der Waals surface area contributed by atoms with Gasteiger partial charge in [0, 0.05) is 66.9 Å². The van der Waals surface area contributed by atoms with Crippen LogP contribution >= 0.6 is 12.0 Å². The Bertz CT molecular complexity index is 2550. The first kappa shape index (κ1) is 46.9. The first-order valence-electron chi connectivity index (χ1n) is 19.6. The van der Waals surface area contributed by atoms with Crippen molar-refractivity contribution in [3.05, 3.63) is 108 Å². The van der Waals surface area contributed by atoms with Crippen LogP contribution in [0.5, 0.6) is 0 Å². The molecule has 6 aromatic rings. The highest BCUT2D eigenvalue weighted by molar-refractivity contribution is 7.94. The first-order chi connectivity index (χ1) is 31.2. The van der Waals surface area contributed by atoms with Crippen molar-refractivity contribution in [1.29, 1.82) is 0 Å². The lowest BCUT2D eigenvalue weighted by Crippen LogP contribution is -2.25. The fourth-order valence-electron chi connectivity index (χ4n) is 5.65. The Morgan fingerprint density at radius 3 is 1.44 bits per heavy atom. The average molecular weight is 915 g/mol. The molecule has 0 radical (unpaired) electrons. The molecule has 0 amide bonds. The Hall–Kier alpha value is -6.58. The van der Waals surface area contributed by atoms with E-state index in [1.165, 1.54) is 18.2 Å². The van der Waals surface area contributed by atoms with Gasteiger partial charge in [-0.05, 0) is 59.7 Å². The number of hydrogen-bond acceptors (Lipinski definition) is 22. The van der Waals surface area contributed by atoms with Crippen LogP contribution in [-0.4, -0.2) is 111 Å². The molecule has 336 valence electrons. The molecule has 0 aliphatic rings. The average Bonchev–Trinajstić information content (AvgIpc) is 3.28. The minimum Gasteiger partial charge on any atom is -0.395 e. The third-order valence-corrected chi connectivity index (χ3v) is 10.1. The summed E-state index contributed by atoms with van der Waals surface area (Å²) in [6.07, 6.45) is 3.07. The number of nitrogens with one attached hydrogen (secondary N) is 8. The smallest absolute Gasteiger partial charge is 0.295 e. The molecule has 6 rings (SSSR count). The maximum atomic E-state index is 12.7. The van der Waals surface area contributed by atoms with Crippen LogP contribution < -0.4 is 42.5 Å². The molecule has 2 heterocycles. The summed E-state index contributed by atoms with van der Waals surface area (Å²) < 4.78 is 40.6. The second-order valence-corrected chi connectivity index (χ2v) is 15.3. The Labute approximate surface area is 372 Å². The zero-order chi connectivity index (χ0) is 45.0. The summed E-state index contributed by atoms with van der Waals surface area (Å²) >= 11 is 0.670. The molecule has 0 unspecified atom stereocenters. The summed E-state index contributed by atoms with van der Waals surface area (Å²) in [5.41, 5.74) is 2.87. The zero-order valence-electron chi connectivity index (χ0n) is 34.0. The summed E-state index contributed by atoms with van der Waals surface area (Å²) in [6, 6.07) is 28.0. The molecule has 4 aromatic carbocycles. The first-order valence-corrected chi connectivity index (χ1v) is 21.8. The van der Waals surface area contributed by atoms with Gasteiger partial charge >= 0.3 is 0 Å². The molecule has 0 spiro atoms. The highest BCUT2D eigenvalue weighted by Gasteiger charge is 2.17. The monoisotopic (exact) mass is 914 g/mol. The van der Waals surface area contributed by atoms with Gasteiger partial charge in [-0.3, -0.25) is 4.55 Å². The van der Waals surface area contributed by atoms with Crippen LogP contribution in [0.3, 0.4) is 0 Å². The molecule has 0 fully saturated rings. The van der Waals surface area contributed by atoms with Gasteiger partial charge in [-0.25, -0.2) is 5.26 Å². The molecule has 64 heavy (non-hydrogen) atoms. The molecule has 0 aliphatic carbocycles. The number of rotatable bonds is 26. The molecule has 0 saturated heterocycles. The van der Waals surface area contributed by atoms with Crippen LogP contribution in [0.1, 0.15) is 11.1 Å². The van der Waals surface area contributed by atoms with Gasteiger partial charge in [-0.2, -0.15) is 38.3 Å². The number of para-hydroxylation sites is 2. The molecule has 0 saturated carbocycles. The Morgan fingerprint density at radius 2 is 0.969 bits per heavy atom. The number of aliphatic hydroxyl groups is 2. The second kappa shape index (κ2) is 24.3. The number of hydrogen-bond donors (Lipinski definition) is 12. The van der Waals surface area contributed by atoms with Gasteiger partial charge in [0.05, 0.1) is 25.3 Å². The SMILES string of the molecule is O=S(=O)(O)c1cc(Nc2nc(NCCNCCO)nc(Nc3ccccc3)n2)ccc1/C=C/c1ccc(Nc2nc(NCCNCCO)nc(Nc3ccccc3)n2)cc1SOOO. The van der Waals surface area contributed by atoms with Crippen molar-refractivity contribution in [2.45, 2.75) is 9.79 Å². The van der Waals surface area contributed by atoms with Crippen LogP contribution in [0.2, 0.25) is 0 Å². The van der Waals surface area contributed by atoms with Crippen LogP contribution in [0, 0.1) is 0 Å². The Morgan fingerprint density at radius 1 is 0.531 bits per heavy atom. The third-order valence-electron chi connectivity index (χ3n) is 8.49. The van der Waals surface area contributed by atoms with E-state index in [1.807, 2.05) is 60.7 Å². The fourth-order valence-corrected chi connectivity index (χ4v) is 6.87. The molecule has 2 aromatic heterocycles. The van der Waals surface area contributed by atoms with E-state index in [0.717, 1.165) is 11.4 Å². The largest absolute Gasteiger partial charge is 0.395 e. The zero-order valence-corrected chi connectivity index (χ0v) is 35.6. The summed E-state index contributed by atoms with van der Waals surface area (Å²) in [4.78, 5) is 26.8. The lowest BCUT2D eigenvalue weighted by molar-refractivity contribution is -0.432. The topological polar surface area (TPSA) is 307 Å². The van der Waals surface area contributed by atoms with Gasteiger partial charge in [-0.15, -0.1) is 4.33 Å². The molecule has 24 heteroatoms. The molecule has 0 bridgehead atoms. The normalized spacial score (nSPS) is 11.4. The van der Waals surface area contributed by atoms with Gasteiger partial charge in [0.15, 0.2) is 0 Å². The van der Waals surface area contributed by atoms with E-state index in [1.54, 1.807) is 30.3 Å². The summed E-state index contributed by atoms with van der Waals surface area (Å²) in [7, 11) is -4.76. The predicted molar refractivity (Wildman–Crippen MR) is 245 cm³/mol. The van der Waals surface area contributed by atoms with Crippen LogP contribution in [-0.2, 0) is 19.5 Å². The minimum absolute atomic E-state index is 0.00276. The number of benzene rings is 4. The molecule has 22 nitrogen and oxygen atoms in total. The molecular weight excluding hydrogens is 869 g/mol. The molecule has 0 aliphatic heterocycles. The van der Waals surface area contributed by atoms with Crippen LogP contribution in [0.15, 0.2) is 107 Å². The van der Waals surface area contributed by atoms with Crippen molar-refractivity contribution in [1.82, 2.24) is 40.5 Å². The van der Waals surface area contributed by atoms with E-state index in [2.05, 4.69) is 77.5 Å². The van der Waals surface area contributed by atoms with Crippen molar-refractivity contribution in [3.8, 4) is 0 Å². The highest BCUT2D eigenvalue weighted by atomic mass is 32.2. The lowest BCUT2D eigenvalue weighted by Gasteiger charge is -2.13. The van der Waals surface area contributed by atoms with E-state index in [0.29, 0.717) is 67.5 Å². The quantitative estimate of drug-likeness (QED) is 0.00863. The molecular formula is C40H46N14O8S2. The minimum atomic E-state index is -4.76. The highest BCUT2D eigenvalue weighted by Crippen LogP contribution is 2.31. The summed E-state index contributed by atoms with van der Waals surface area (Å²) in [6.45, 7) is 2.84. The second-order valence-electron chi connectivity index (χ2n) is 13.2. The van der Waals surface area contributed by atoms with Crippen molar-refractivity contribution >= 4 is 92.8 Å². The summed E-state index contributed by atoms with van der Waals surface area (Å²) in [5, 5.41) is 55.8. The van der Waals surface area contributed by atoms with Crippen molar-refractivity contribution in [2.75, 3.05) is 84.4 Å². The molecule has 0 atom stereocenters. The number of aliphatic hydroxyl groups excluding tert-OH is 2. The fraction of sp³-hybridized carbons (Fsp3) is 0.200. The van der Waals surface area contributed by atoms with E-state index < -0.39 is 15.0 Å². The summed E-state index contributed by atoms with van der Waals surface area (Å²) in [5.74, 6) is 1.22. The maximum Gasteiger partial charge on any atom is 0.295 e. The number of nitrogens with zero attached hydrogens (tertiary/aromatic N) is 6. The Kier molecular flexibility index (Phi) is 17.8. The van der Waals surface area contributed by atoms with Gasteiger partial charge < -0.3 is 52.7 Å². The van der Waals surface area contributed by atoms with Crippen molar-refractivity contribution in [2.24, 2.45) is 0 Å². The van der Waals surface area contributed by atoms with Gasteiger partial charge in [0.2, 0.25) is 35.7 Å².